The van der Waals surface area contributed by atoms with E-state index in [1.54, 1.807) is 30.3 Å². The lowest BCUT2D eigenvalue weighted by Crippen LogP contribution is -2.14. The summed E-state index contributed by atoms with van der Waals surface area (Å²) >= 11 is 0. The maximum Gasteiger partial charge on any atom is 0.343 e. The fourth-order valence-corrected chi connectivity index (χ4v) is 3.39. The van der Waals surface area contributed by atoms with Crippen LogP contribution >= 0.6 is 0 Å². The second-order valence-corrected chi connectivity index (χ2v) is 7.29. The van der Waals surface area contributed by atoms with Gasteiger partial charge in [0.15, 0.2) is 5.75 Å². The predicted molar refractivity (Wildman–Crippen MR) is 95.6 cm³/mol. The molecule has 6 nitrogen and oxygen atoms in total. The Morgan fingerprint density at radius 2 is 1.76 bits per heavy atom. The van der Waals surface area contributed by atoms with Crippen molar-refractivity contribution < 1.29 is 22.1 Å². The maximum atomic E-state index is 12.8. The van der Waals surface area contributed by atoms with Crippen LogP contribution in [-0.2, 0) is 14.9 Å². The topological polar surface area (TPSA) is 81.7 Å². The molecule has 0 aliphatic rings. The fourth-order valence-electron chi connectivity index (χ4n) is 2.24. The summed E-state index contributed by atoms with van der Waals surface area (Å²) < 4.78 is 36.0. The van der Waals surface area contributed by atoms with Crippen molar-refractivity contribution >= 4 is 21.7 Å². The summed E-state index contributed by atoms with van der Waals surface area (Å²) in [7, 11) is -2.75. The number of hydrogen-bond donors (Lipinski definition) is 1. The van der Waals surface area contributed by atoms with E-state index < -0.39 is 10.1 Å². The van der Waals surface area contributed by atoms with Gasteiger partial charge >= 0.3 is 10.1 Å². The lowest BCUT2D eigenvalue weighted by atomic mass is 10.0. The molecule has 0 heterocycles. The highest BCUT2D eigenvalue weighted by atomic mass is 32.2. The highest BCUT2D eigenvalue weighted by Gasteiger charge is 2.24. The molecule has 0 aliphatic heterocycles. The van der Waals surface area contributed by atoms with E-state index >= 15 is 0 Å². The Bertz CT molecular complexity index is 875. The van der Waals surface area contributed by atoms with Gasteiger partial charge in [-0.25, -0.2) is 0 Å². The number of anilines is 1. The lowest BCUT2D eigenvalue weighted by molar-refractivity contribution is -0.114. The first-order valence-corrected chi connectivity index (χ1v) is 9.14. The Kier molecular flexibility index (Phi) is 5.69. The number of benzene rings is 2. The first-order valence-electron chi connectivity index (χ1n) is 7.73. The minimum absolute atomic E-state index is 0.0368. The van der Waals surface area contributed by atoms with Crippen molar-refractivity contribution in [1.29, 1.82) is 0 Å². The molecule has 2 aromatic carbocycles. The molecule has 0 fully saturated rings. The smallest absolute Gasteiger partial charge is 0.343 e. The zero-order valence-electron chi connectivity index (χ0n) is 14.6. The summed E-state index contributed by atoms with van der Waals surface area (Å²) in [6.45, 7) is 5.26. The summed E-state index contributed by atoms with van der Waals surface area (Å²) in [5.74, 6) is 0.0514. The molecule has 2 aromatic rings. The molecular formula is C18H21NO5S. The molecule has 1 N–H and O–H groups in total. The standard InChI is InChI=1S/C18H21NO5S/c1-12(2)14-9-10-17(23-4)18(11-14)25(21,22)24-16-8-6-5-7-15(16)19-13(3)20/h5-12H,1-4H3,(H,19,20). The van der Waals surface area contributed by atoms with Crippen LogP contribution in [0.15, 0.2) is 47.4 Å². The second kappa shape index (κ2) is 7.57. The molecule has 134 valence electrons. The second-order valence-electron chi connectivity index (χ2n) is 5.78. The van der Waals surface area contributed by atoms with Crippen molar-refractivity contribution in [2.24, 2.45) is 0 Å². The number of amides is 1. The zero-order valence-corrected chi connectivity index (χ0v) is 15.4. The van der Waals surface area contributed by atoms with Gasteiger partial charge in [0, 0.05) is 6.92 Å². The van der Waals surface area contributed by atoms with Gasteiger partial charge in [-0.2, -0.15) is 8.42 Å². The van der Waals surface area contributed by atoms with Crippen molar-refractivity contribution in [2.45, 2.75) is 31.6 Å². The van der Waals surface area contributed by atoms with Crippen LogP contribution in [-0.4, -0.2) is 21.4 Å². The van der Waals surface area contributed by atoms with Crippen LogP contribution in [0.3, 0.4) is 0 Å². The molecule has 0 atom stereocenters. The Hall–Kier alpha value is -2.54. The number of hydrogen-bond acceptors (Lipinski definition) is 5. The number of para-hydroxylation sites is 2. The molecule has 0 aliphatic carbocycles. The van der Waals surface area contributed by atoms with Crippen LogP contribution in [0.1, 0.15) is 32.3 Å². The van der Waals surface area contributed by atoms with Crippen molar-refractivity contribution in [1.82, 2.24) is 0 Å². The van der Waals surface area contributed by atoms with Crippen LogP contribution in [0.4, 0.5) is 5.69 Å². The van der Waals surface area contributed by atoms with E-state index in [1.807, 2.05) is 19.9 Å². The van der Waals surface area contributed by atoms with Gasteiger partial charge in [-0.1, -0.05) is 32.0 Å². The van der Waals surface area contributed by atoms with Gasteiger partial charge in [-0.05, 0) is 35.7 Å². The lowest BCUT2D eigenvalue weighted by Gasteiger charge is -2.15. The molecule has 2 rings (SSSR count). The third-order valence-electron chi connectivity index (χ3n) is 3.52. The maximum absolute atomic E-state index is 12.8. The molecule has 0 unspecified atom stereocenters. The van der Waals surface area contributed by atoms with E-state index in [9.17, 15) is 13.2 Å². The third kappa shape index (κ3) is 4.51. The van der Waals surface area contributed by atoms with Crippen molar-refractivity contribution in [3.8, 4) is 11.5 Å². The van der Waals surface area contributed by atoms with Gasteiger partial charge in [0.2, 0.25) is 5.91 Å². The third-order valence-corrected chi connectivity index (χ3v) is 4.78. The predicted octanol–water partition coefficient (Wildman–Crippen LogP) is 3.54. The normalized spacial score (nSPS) is 11.2. The largest absolute Gasteiger partial charge is 0.495 e. The van der Waals surface area contributed by atoms with Crippen LogP contribution in [0, 0.1) is 0 Å². The van der Waals surface area contributed by atoms with Gasteiger partial charge in [0.05, 0.1) is 12.8 Å². The van der Waals surface area contributed by atoms with Gasteiger partial charge in [-0.15, -0.1) is 0 Å². The fraction of sp³-hybridized carbons (Fsp3) is 0.278. The quantitative estimate of drug-likeness (QED) is 0.794. The summed E-state index contributed by atoms with van der Waals surface area (Å²) in [4.78, 5) is 11.2. The monoisotopic (exact) mass is 363 g/mol. The molecule has 0 spiro atoms. The molecule has 0 aromatic heterocycles. The van der Waals surface area contributed by atoms with Gasteiger partial charge in [0.1, 0.15) is 10.6 Å². The summed E-state index contributed by atoms with van der Waals surface area (Å²) in [5.41, 5.74) is 1.12. The van der Waals surface area contributed by atoms with E-state index in [1.165, 1.54) is 20.1 Å². The average molecular weight is 363 g/mol. The van der Waals surface area contributed by atoms with E-state index in [0.717, 1.165) is 5.56 Å². The Balaban J connectivity index is 2.47. The molecule has 7 heteroatoms. The number of ether oxygens (including phenoxy) is 1. The Labute approximate surface area is 147 Å². The zero-order chi connectivity index (χ0) is 18.6. The average Bonchev–Trinajstić information content (AvgIpc) is 2.55. The Morgan fingerprint density at radius 1 is 1.08 bits per heavy atom. The van der Waals surface area contributed by atoms with Crippen LogP contribution < -0.4 is 14.2 Å². The van der Waals surface area contributed by atoms with Crippen molar-refractivity contribution in [3.63, 3.8) is 0 Å². The van der Waals surface area contributed by atoms with Crippen molar-refractivity contribution in [3.05, 3.63) is 48.0 Å². The summed E-state index contributed by atoms with van der Waals surface area (Å²) in [5, 5.41) is 2.55. The van der Waals surface area contributed by atoms with Crippen LogP contribution in [0.25, 0.3) is 0 Å². The van der Waals surface area contributed by atoms with E-state index in [-0.39, 0.29) is 33.9 Å². The highest BCUT2D eigenvalue weighted by molar-refractivity contribution is 7.87. The van der Waals surface area contributed by atoms with Crippen molar-refractivity contribution in [2.75, 3.05) is 12.4 Å². The molecule has 25 heavy (non-hydrogen) atoms. The number of nitrogens with one attached hydrogen (secondary N) is 1. The number of carbonyl (C=O) groups excluding carboxylic acids is 1. The summed E-state index contributed by atoms with van der Waals surface area (Å²) in [6, 6.07) is 11.3. The van der Waals surface area contributed by atoms with E-state index in [2.05, 4.69) is 5.32 Å². The van der Waals surface area contributed by atoms with Crippen LogP contribution in [0.2, 0.25) is 0 Å². The van der Waals surface area contributed by atoms with E-state index in [0.29, 0.717) is 0 Å². The number of methoxy groups -OCH3 is 1. The molecule has 0 saturated carbocycles. The first-order chi connectivity index (χ1) is 11.7. The summed E-state index contributed by atoms with van der Waals surface area (Å²) in [6.07, 6.45) is 0. The first kappa shape index (κ1) is 18.8. The molecular weight excluding hydrogens is 342 g/mol. The molecule has 0 saturated heterocycles. The van der Waals surface area contributed by atoms with Gasteiger partial charge in [0.25, 0.3) is 0 Å². The van der Waals surface area contributed by atoms with Crippen LogP contribution in [0.5, 0.6) is 11.5 Å². The number of carbonyl (C=O) groups is 1. The van der Waals surface area contributed by atoms with E-state index in [4.69, 9.17) is 8.92 Å². The minimum atomic E-state index is -4.15. The molecule has 1 amide bonds. The SMILES string of the molecule is COc1ccc(C(C)C)cc1S(=O)(=O)Oc1ccccc1NC(C)=O. The molecule has 0 bridgehead atoms. The molecule has 0 radical (unpaired) electrons. The number of rotatable bonds is 6. The van der Waals surface area contributed by atoms with Gasteiger partial charge < -0.3 is 14.2 Å². The Morgan fingerprint density at radius 3 is 2.36 bits per heavy atom. The van der Waals surface area contributed by atoms with Gasteiger partial charge in [-0.3, -0.25) is 4.79 Å². The highest BCUT2D eigenvalue weighted by Crippen LogP contribution is 2.32. The minimum Gasteiger partial charge on any atom is -0.495 e.